The number of methoxy groups -OCH3 is 1. The fraction of sp³-hybridized carbons (Fsp3) is 0.212. The minimum absolute atomic E-state index is 0.0228. The summed E-state index contributed by atoms with van der Waals surface area (Å²) < 4.78 is 17.8. The normalized spacial score (nSPS) is 22.7. The lowest BCUT2D eigenvalue weighted by Gasteiger charge is -2.46. The molecule has 316 valence electrons. The topological polar surface area (TPSA) is 147 Å². The smallest absolute Gasteiger partial charge is 0.324 e. The van der Waals surface area contributed by atoms with E-state index in [-0.39, 0.29) is 19.8 Å². The molecular formula is C52H45N3O8. The number of anilines is 1. The monoisotopic (exact) mass is 839 g/mol. The summed E-state index contributed by atoms with van der Waals surface area (Å²) >= 11 is 0. The number of hydrogen-bond donors (Lipinski definition) is 4. The average molecular weight is 840 g/mol. The first-order valence-electron chi connectivity index (χ1n) is 20.9. The summed E-state index contributed by atoms with van der Waals surface area (Å²) in [7, 11) is 1.60. The second-order valence-corrected chi connectivity index (χ2v) is 15.8. The van der Waals surface area contributed by atoms with Crippen LogP contribution in [0, 0.1) is 17.8 Å². The Labute approximate surface area is 365 Å². The standard InChI is InChI=1S/C52H45N3O8/c1-61-39-25-22-33(23-26-39)20-21-34-24-27-42-41(30-34)52(51(60)54-42)44(49(58)53-32-43(57)35-12-5-2-6-13-35)46-50(59)63-47(37-16-9-4-10-17-37)45(36-14-7-3-8-15-36)55(46)48(52)38-18-11-19-40(31-38)62-29-28-56/h2-19,22-27,30-31,43-48,56-57H,28-29,32H2,1H3,(H,53,58)(H,54,60)/t43-,44+,45+,46+,47-,48-,52+/m0/s1. The van der Waals surface area contributed by atoms with Gasteiger partial charge in [0.1, 0.15) is 35.7 Å². The van der Waals surface area contributed by atoms with E-state index in [1.807, 2.05) is 114 Å². The average Bonchev–Trinajstić information content (AvgIpc) is 3.81. The van der Waals surface area contributed by atoms with Crippen LogP contribution in [0.1, 0.15) is 63.2 Å². The van der Waals surface area contributed by atoms with Gasteiger partial charge >= 0.3 is 5.97 Å². The molecule has 0 radical (unpaired) electrons. The summed E-state index contributed by atoms with van der Waals surface area (Å²) in [6, 6.07) is 45.1. The molecule has 11 nitrogen and oxygen atoms in total. The van der Waals surface area contributed by atoms with E-state index in [2.05, 4.69) is 22.5 Å². The molecule has 3 aliphatic rings. The van der Waals surface area contributed by atoms with Crippen molar-refractivity contribution in [2.24, 2.45) is 5.92 Å². The summed E-state index contributed by atoms with van der Waals surface area (Å²) in [5.74, 6) is 4.43. The molecule has 0 aliphatic carbocycles. The third kappa shape index (κ3) is 7.59. The van der Waals surface area contributed by atoms with E-state index in [9.17, 15) is 10.2 Å². The number of hydrogen-bond acceptors (Lipinski definition) is 9. The Balaban J connectivity index is 1.28. The molecule has 0 saturated carbocycles. The van der Waals surface area contributed by atoms with Gasteiger partial charge in [-0.3, -0.25) is 19.3 Å². The number of rotatable bonds is 11. The Morgan fingerprint density at radius 1 is 0.778 bits per heavy atom. The maximum absolute atomic E-state index is 15.5. The molecule has 0 aromatic heterocycles. The van der Waals surface area contributed by atoms with Crippen LogP contribution in [0.5, 0.6) is 11.5 Å². The molecule has 1 spiro atoms. The molecule has 4 N–H and O–H groups in total. The fourth-order valence-electron chi connectivity index (χ4n) is 9.53. The van der Waals surface area contributed by atoms with Gasteiger partial charge in [-0.1, -0.05) is 115 Å². The predicted octanol–water partition coefficient (Wildman–Crippen LogP) is 6.59. The first-order chi connectivity index (χ1) is 30.8. The zero-order chi connectivity index (χ0) is 43.5. The van der Waals surface area contributed by atoms with E-state index >= 15 is 14.4 Å². The molecule has 0 bridgehead atoms. The van der Waals surface area contributed by atoms with Gasteiger partial charge in [0.25, 0.3) is 0 Å². The lowest BCUT2D eigenvalue weighted by Crippen LogP contribution is -2.55. The van der Waals surface area contributed by atoms with Gasteiger partial charge in [0.15, 0.2) is 0 Å². The molecule has 63 heavy (non-hydrogen) atoms. The molecule has 6 aromatic rings. The molecule has 2 saturated heterocycles. The third-order valence-corrected chi connectivity index (χ3v) is 12.2. The van der Waals surface area contributed by atoms with Crippen molar-refractivity contribution in [1.82, 2.24) is 10.2 Å². The van der Waals surface area contributed by atoms with Crippen molar-refractivity contribution >= 4 is 23.5 Å². The van der Waals surface area contributed by atoms with Crippen LogP contribution in [0.15, 0.2) is 158 Å². The van der Waals surface area contributed by atoms with Gasteiger partial charge in [-0.05, 0) is 82.4 Å². The predicted molar refractivity (Wildman–Crippen MR) is 235 cm³/mol. The van der Waals surface area contributed by atoms with E-state index < -0.39 is 59.5 Å². The van der Waals surface area contributed by atoms with Crippen LogP contribution in [0.2, 0.25) is 0 Å². The minimum atomic E-state index is -1.78. The number of morpholine rings is 1. The highest BCUT2D eigenvalue weighted by atomic mass is 16.6. The first-order valence-corrected chi connectivity index (χ1v) is 20.9. The molecular weight excluding hydrogens is 795 g/mol. The third-order valence-electron chi connectivity index (χ3n) is 12.2. The van der Waals surface area contributed by atoms with Gasteiger partial charge in [0.05, 0.1) is 37.8 Å². The number of benzene rings is 6. The Hall–Kier alpha value is -7.23. The van der Waals surface area contributed by atoms with E-state index in [1.165, 1.54) is 0 Å². The number of aliphatic hydroxyl groups is 2. The van der Waals surface area contributed by atoms with Crippen LogP contribution in [0.4, 0.5) is 5.69 Å². The van der Waals surface area contributed by atoms with Gasteiger partial charge in [0.2, 0.25) is 11.8 Å². The second kappa shape index (κ2) is 17.6. The summed E-state index contributed by atoms with van der Waals surface area (Å²) in [4.78, 5) is 48.0. The zero-order valence-corrected chi connectivity index (χ0v) is 34.4. The number of ether oxygens (including phenoxy) is 3. The number of cyclic esters (lactones) is 1. The molecule has 7 atom stereocenters. The summed E-state index contributed by atoms with van der Waals surface area (Å²) in [6.07, 6.45) is -1.93. The van der Waals surface area contributed by atoms with Crippen LogP contribution in [-0.4, -0.2) is 65.8 Å². The lowest BCUT2D eigenvalue weighted by atomic mass is 9.65. The summed E-state index contributed by atoms with van der Waals surface area (Å²) in [5, 5.41) is 27.1. The molecule has 11 heteroatoms. The van der Waals surface area contributed by atoms with Gasteiger partial charge in [0, 0.05) is 23.4 Å². The molecule has 9 rings (SSSR count). The number of aliphatic hydroxyl groups excluding tert-OH is 2. The van der Waals surface area contributed by atoms with Crippen LogP contribution >= 0.6 is 0 Å². The van der Waals surface area contributed by atoms with Gasteiger partial charge in [-0.15, -0.1) is 0 Å². The van der Waals surface area contributed by atoms with Crippen molar-refractivity contribution in [3.8, 4) is 23.3 Å². The van der Waals surface area contributed by atoms with Crippen LogP contribution in [-0.2, 0) is 24.5 Å². The van der Waals surface area contributed by atoms with Crippen molar-refractivity contribution in [3.63, 3.8) is 0 Å². The van der Waals surface area contributed by atoms with Crippen molar-refractivity contribution in [3.05, 3.63) is 197 Å². The Morgan fingerprint density at radius 2 is 1.43 bits per heavy atom. The highest BCUT2D eigenvalue weighted by Gasteiger charge is 2.74. The minimum Gasteiger partial charge on any atom is -0.497 e. The van der Waals surface area contributed by atoms with Crippen molar-refractivity contribution in [1.29, 1.82) is 0 Å². The van der Waals surface area contributed by atoms with Gasteiger partial charge in [-0.25, -0.2) is 0 Å². The number of nitrogens with zero attached hydrogens (tertiary/aromatic N) is 1. The summed E-state index contributed by atoms with van der Waals surface area (Å²) in [5.41, 5.74) is 3.20. The zero-order valence-electron chi connectivity index (χ0n) is 34.4. The Morgan fingerprint density at radius 3 is 2.13 bits per heavy atom. The maximum Gasteiger partial charge on any atom is 0.324 e. The Bertz CT molecular complexity index is 2690. The molecule has 3 aliphatic heterocycles. The largest absolute Gasteiger partial charge is 0.497 e. The van der Waals surface area contributed by atoms with E-state index in [1.54, 1.807) is 55.6 Å². The number of amides is 2. The SMILES string of the molecule is COc1ccc(C#Cc2ccc3c(c2)[C@]2(C(=O)N3)[C@H](c3cccc(OCCO)c3)N3[C@H](c4ccccc4)[C@H](c4ccccc4)OC(=O)[C@H]3[C@@H]2C(=O)NC[C@H](O)c2ccccc2)cc1. The molecule has 0 unspecified atom stereocenters. The van der Waals surface area contributed by atoms with Gasteiger partial charge in [-0.2, -0.15) is 0 Å². The van der Waals surface area contributed by atoms with Crippen molar-refractivity contribution in [2.45, 2.75) is 35.7 Å². The molecule has 6 aromatic carbocycles. The number of carbonyl (C=O) groups excluding carboxylic acids is 3. The second-order valence-electron chi connectivity index (χ2n) is 15.8. The number of nitrogens with one attached hydrogen (secondary N) is 2. The van der Waals surface area contributed by atoms with Crippen LogP contribution in [0.3, 0.4) is 0 Å². The van der Waals surface area contributed by atoms with E-state index in [0.717, 1.165) is 16.7 Å². The highest BCUT2D eigenvalue weighted by Crippen LogP contribution is 2.65. The molecule has 2 amide bonds. The number of esters is 1. The molecule has 3 heterocycles. The van der Waals surface area contributed by atoms with Crippen LogP contribution in [0.25, 0.3) is 0 Å². The number of carbonyl (C=O) groups is 3. The van der Waals surface area contributed by atoms with Crippen molar-refractivity contribution in [2.75, 3.05) is 32.2 Å². The Kier molecular flexibility index (Phi) is 11.5. The quantitative estimate of drug-likeness (QED) is 0.0839. The van der Waals surface area contributed by atoms with Crippen LogP contribution < -0.4 is 20.1 Å². The fourth-order valence-corrected chi connectivity index (χ4v) is 9.53. The van der Waals surface area contributed by atoms with E-state index in [0.29, 0.717) is 39.4 Å². The molecule has 2 fully saturated rings. The van der Waals surface area contributed by atoms with Gasteiger partial charge < -0.3 is 35.1 Å². The summed E-state index contributed by atoms with van der Waals surface area (Å²) in [6.45, 7) is -0.391. The lowest BCUT2D eigenvalue weighted by molar-refractivity contribution is -0.178. The van der Waals surface area contributed by atoms with Crippen molar-refractivity contribution < 1.29 is 38.8 Å². The highest BCUT2D eigenvalue weighted by molar-refractivity contribution is 6.12. The maximum atomic E-state index is 15.5. The number of fused-ring (bicyclic) bond motifs is 3. The van der Waals surface area contributed by atoms with E-state index in [4.69, 9.17) is 14.2 Å². The first kappa shape index (κ1) is 41.1.